The van der Waals surface area contributed by atoms with Gasteiger partial charge in [-0.25, -0.2) is 0 Å². The summed E-state index contributed by atoms with van der Waals surface area (Å²) in [5, 5.41) is 0. The zero-order chi connectivity index (χ0) is 18.7. The molecule has 0 saturated carbocycles. The average molecular weight is 358 g/mol. The van der Waals surface area contributed by atoms with Crippen LogP contribution in [0.2, 0.25) is 0 Å². The lowest BCUT2D eigenvalue weighted by atomic mass is 9.86. The Hall–Kier alpha value is -1.39. The number of hydrogen-bond donors (Lipinski definition) is 0. The highest BCUT2D eigenvalue weighted by molar-refractivity contribution is 5.79. The van der Waals surface area contributed by atoms with Crippen LogP contribution in [0.3, 0.4) is 0 Å². The molecular formula is C22H35N3O. The lowest BCUT2D eigenvalue weighted by molar-refractivity contribution is -0.133. The lowest BCUT2D eigenvalue weighted by Crippen LogP contribution is -2.49. The van der Waals surface area contributed by atoms with Gasteiger partial charge in [-0.05, 0) is 35.9 Å². The number of likely N-dealkylation sites (N-methyl/N-ethyl adjacent to an activating group) is 1. The van der Waals surface area contributed by atoms with Gasteiger partial charge in [-0.2, -0.15) is 0 Å². The Bertz CT molecular complexity index is 597. The summed E-state index contributed by atoms with van der Waals surface area (Å²) in [5.74, 6) is 0.303. The molecule has 26 heavy (non-hydrogen) atoms. The molecular weight excluding hydrogens is 322 g/mol. The molecule has 1 amide bonds. The number of nitrogens with zero attached hydrogens (tertiary/aromatic N) is 3. The maximum atomic E-state index is 12.9. The van der Waals surface area contributed by atoms with Crippen LogP contribution in [0.4, 0.5) is 0 Å². The zero-order valence-electron chi connectivity index (χ0n) is 17.0. The Morgan fingerprint density at radius 2 is 1.62 bits per heavy atom. The minimum Gasteiger partial charge on any atom is -0.335 e. The third-order valence-corrected chi connectivity index (χ3v) is 6.01. The first-order valence-electron chi connectivity index (χ1n) is 10.2. The van der Waals surface area contributed by atoms with Gasteiger partial charge < -0.3 is 9.80 Å². The maximum absolute atomic E-state index is 12.9. The molecule has 3 rings (SSSR count). The fraction of sp³-hybridized carbons (Fsp3) is 0.682. The smallest absolute Gasteiger partial charge is 0.237 e. The van der Waals surface area contributed by atoms with E-state index >= 15 is 0 Å². The Morgan fingerprint density at radius 1 is 1.00 bits per heavy atom. The van der Waals surface area contributed by atoms with Gasteiger partial charge >= 0.3 is 0 Å². The molecule has 2 fully saturated rings. The second kappa shape index (κ2) is 8.10. The van der Waals surface area contributed by atoms with Crippen LogP contribution in [-0.2, 0) is 10.2 Å². The minimum atomic E-state index is 0.171. The number of piperazine rings is 1. The number of carbonyl (C=O) groups excluding carboxylic acids is 1. The van der Waals surface area contributed by atoms with Crippen molar-refractivity contribution in [1.29, 1.82) is 0 Å². The van der Waals surface area contributed by atoms with E-state index in [1.165, 1.54) is 11.1 Å². The first-order chi connectivity index (χ1) is 12.4. The van der Waals surface area contributed by atoms with Gasteiger partial charge in [0.25, 0.3) is 0 Å². The molecule has 4 heteroatoms. The Morgan fingerprint density at radius 3 is 2.19 bits per heavy atom. The molecule has 1 atom stereocenters. The molecule has 2 saturated heterocycles. The van der Waals surface area contributed by atoms with Gasteiger partial charge in [0.1, 0.15) is 0 Å². The first kappa shape index (κ1) is 19.4. The van der Waals surface area contributed by atoms with E-state index < -0.39 is 0 Å². The van der Waals surface area contributed by atoms with Gasteiger partial charge in [-0.3, -0.25) is 9.69 Å². The van der Waals surface area contributed by atoms with Crippen LogP contribution in [-0.4, -0.2) is 66.4 Å². The predicted octanol–water partition coefficient (Wildman–Crippen LogP) is 3.29. The highest BCUT2D eigenvalue weighted by Crippen LogP contribution is 2.33. The molecule has 1 unspecified atom stereocenters. The molecule has 144 valence electrons. The summed E-state index contributed by atoms with van der Waals surface area (Å²) in [5.41, 5.74) is 2.82. The molecule has 0 N–H and O–H groups in total. The first-order valence-corrected chi connectivity index (χ1v) is 10.2. The van der Waals surface area contributed by atoms with Crippen molar-refractivity contribution in [3.63, 3.8) is 0 Å². The highest BCUT2D eigenvalue weighted by Gasteiger charge is 2.31. The normalized spacial score (nSPS) is 22.8. The monoisotopic (exact) mass is 357 g/mol. The van der Waals surface area contributed by atoms with E-state index in [-0.39, 0.29) is 11.5 Å². The Kier molecular flexibility index (Phi) is 6.03. The van der Waals surface area contributed by atoms with Gasteiger partial charge in [0.2, 0.25) is 5.91 Å². The van der Waals surface area contributed by atoms with Crippen LogP contribution in [0.15, 0.2) is 24.3 Å². The largest absolute Gasteiger partial charge is 0.335 e. The number of rotatable bonds is 4. The van der Waals surface area contributed by atoms with Crippen LogP contribution < -0.4 is 0 Å². The minimum absolute atomic E-state index is 0.171. The van der Waals surface area contributed by atoms with Crippen molar-refractivity contribution in [2.75, 3.05) is 45.8 Å². The van der Waals surface area contributed by atoms with Gasteiger partial charge in [-0.15, -0.1) is 0 Å². The fourth-order valence-electron chi connectivity index (χ4n) is 4.16. The second-order valence-electron chi connectivity index (χ2n) is 8.83. The Balaban J connectivity index is 1.61. The van der Waals surface area contributed by atoms with Crippen molar-refractivity contribution in [2.45, 2.75) is 52.0 Å². The summed E-state index contributed by atoms with van der Waals surface area (Å²) in [4.78, 5) is 19.8. The van der Waals surface area contributed by atoms with Gasteiger partial charge in [0, 0.05) is 32.7 Å². The molecule has 0 radical (unpaired) electrons. The van der Waals surface area contributed by atoms with Crippen molar-refractivity contribution < 1.29 is 4.79 Å². The third-order valence-electron chi connectivity index (χ3n) is 6.01. The second-order valence-corrected chi connectivity index (χ2v) is 8.83. The number of carbonyl (C=O) groups is 1. The van der Waals surface area contributed by atoms with E-state index in [1.807, 2.05) is 0 Å². The number of hydrogen-bond acceptors (Lipinski definition) is 3. The standard InChI is InChI=1S/C22H35N3O/c1-5-23-13-15-24(16-14-23)17-21(26)25-12-6-7-20(25)18-8-10-19(11-9-18)22(2,3)4/h8-11,20H,5-7,12-17H2,1-4H3. The van der Waals surface area contributed by atoms with Crippen molar-refractivity contribution in [2.24, 2.45) is 0 Å². The molecule has 1 aromatic carbocycles. The molecule has 0 bridgehead atoms. The average Bonchev–Trinajstić information content (AvgIpc) is 3.11. The van der Waals surface area contributed by atoms with Crippen molar-refractivity contribution in [3.8, 4) is 0 Å². The van der Waals surface area contributed by atoms with Crippen LogP contribution in [0.5, 0.6) is 0 Å². The van der Waals surface area contributed by atoms with E-state index in [9.17, 15) is 4.79 Å². The molecule has 2 heterocycles. The van der Waals surface area contributed by atoms with E-state index in [2.05, 4.69) is 66.7 Å². The van der Waals surface area contributed by atoms with Crippen LogP contribution in [0.1, 0.15) is 57.7 Å². The van der Waals surface area contributed by atoms with Crippen molar-refractivity contribution in [1.82, 2.24) is 14.7 Å². The summed E-state index contributed by atoms with van der Waals surface area (Å²) in [6, 6.07) is 9.20. The van der Waals surface area contributed by atoms with E-state index in [0.717, 1.165) is 52.1 Å². The van der Waals surface area contributed by atoms with Crippen molar-refractivity contribution in [3.05, 3.63) is 35.4 Å². The van der Waals surface area contributed by atoms with Gasteiger partial charge in [0.15, 0.2) is 0 Å². The van der Waals surface area contributed by atoms with E-state index in [0.29, 0.717) is 12.5 Å². The summed E-state index contributed by atoms with van der Waals surface area (Å²) < 4.78 is 0. The third kappa shape index (κ3) is 4.47. The zero-order valence-corrected chi connectivity index (χ0v) is 17.0. The number of benzene rings is 1. The van der Waals surface area contributed by atoms with Gasteiger partial charge in [-0.1, -0.05) is 52.0 Å². The molecule has 0 spiro atoms. The van der Waals surface area contributed by atoms with Gasteiger partial charge in [0.05, 0.1) is 12.6 Å². The predicted molar refractivity (Wildman–Crippen MR) is 107 cm³/mol. The molecule has 0 aromatic heterocycles. The lowest BCUT2D eigenvalue weighted by Gasteiger charge is -2.35. The topological polar surface area (TPSA) is 26.8 Å². The van der Waals surface area contributed by atoms with Crippen LogP contribution in [0.25, 0.3) is 0 Å². The summed E-state index contributed by atoms with van der Waals surface area (Å²) in [7, 11) is 0. The maximum Gasteiger partial charge on any atom is 0.237 e. The molecule has 1 aromatic rings. The molecule has 2 aliphatic heterocycles. The van der Waals surface area contributed by atoms with Crippen LogP contribution in [0, 0.1) is 0 Å². The molecule has 2 aliphatic rings. The Labute approximate surface area is 159 Å². The van der Waals surface area contributed by atoms with Crippen molar-refractivity contribution >= 4 is 5.91 Å². The molecule has 4 nitrogen and oxygen atoms in total. The summed E-state index contributed by atoms with van der Waals surface area (Å²) in [6.07, 6.45) is 2.20. The van der Waals surface area contributed by atoms with E-state index in [1.54, 1.807) is 0 Å². The quantitative estimate of drug-likeness (QED) is 0.827. The SMILES string of the molecule is CCN1CCN(CC(=O)N2CCCC2c2ccc(C(C)(C)C)cc2)CC1. The molecule has 0 aliphatic carbocycles. The fourth-order valence-corrected chi connectivity index (χ4v) is 4.16. The number of likely N-dealkylation sites (tertiary alicyclic amines) is 1. The van der Waals surface area contributed by atoms with Crippen LogP contribution >= 0.6 is 0 Å². The highest BCUT2D eigenvalue weighted by atomic mass is 16.2. The van der Waals surface area contributed by atoms with E-state index in [4.69, 9.17) is 0 Å². The number of amides is 1. The summed E-state index contributed by atoms with van der Waals surface area (Å²) in [6.45, 7) is 15.7. The summed E-state index contributed by atoms with van der Waals surface area (Å²) >= 11 is 0.